The normalized spacial score (nSPS) is 12.9. The monoisotopic (exact) mass is 367 g/mol. The van der Waals surface area contributed by atoms with Gasteiger partial charge in [0.15, 0.2) is 9.04 Å². The van der Waals surface area contributed by atoms with Gasteiger partial charge in [-0.2, -0.15) is 0 Å². The van der Waals surface area contributed by atoms with Crippen molar-refractivity contribution in [2.24, 2.45) is 5.41 Å². The molecule has 1 unspecified atom stereocenters. The van der Waals surface area contributed by atoms with Crippen LogP contribution in [0.4, 0.5) is 5.69 Å². The van der Waals surface area contributed by atoms with Crippen molar-refractivity contribution in [1.29, 1.82) is 0 Å². The third-order valence-corrected chi connectivity index (χ3v) is 4.67. The molecule has 0 aliphatic carbocycles. The first kappa shape index (κ1) is 21.3. The van der Waals surface area contributed by atoms with E-state index in [4.69, 9.17) is 4.43 Å². The number of aryl methyl sites for hydroxylation is 1. The third kappa shape index (κ3) is 6.59. The van der Waals surface area contributed by atoms with Crippen LogP contribution >= 0.6 is 0 Å². The van der Waals surface area contributed by atoms with Gasteiger partial charge in [-0.1, -0.05) is 32.9 Å². The van der Waals surface area contributed by atoms with Crippen molar-refractivity contribution < 1.29 is 18.9 Å². The molecule has 6 nitrogen and oxygen atoms in total. The second-order valence-electron chi connectivity index (χ2n) is 7.51. The Hall–Kier alpha value is -1.73. The summed E-state index contributed by atoms with van der Waals surface area (Å²) in [6.45, 7) is 10.4. The zero-order valence-electron chi connectivity index (χ0n) is 16.0. The molecule has 0 saturated heterocycles. The second-order valence-corrected chi connectivity index (χ2v) is 9.88. The van der Waals surface area contributed by atoms with E-state index in [0.29, 0.717) is 18.4 Å². The minimum absolute atomic E-state index is 0.0886. The number of esters is 1. The predicted octanol–water partition coefficient (Wildman–Crippen LogP) is 4.18. The van der Waals surface area contributed by atoms with E-state index in [9.17, 15) is 14.9 Å². The van der Waals surface area contributed by atoms with Gasteiger partial charge in [-0.05, 0) is 36.9 Å². The molecule has 140 valence electrons. The van der Waals surface area contributed by atoms with Gasteiger partial charge in [-0.15, -0.1) is 0 Å². The molecule has 0 radical (unpaired) electrons. The number of methoxy groups -OCH3 is 1. The van der Waals surface area contributed by atoms with Crippen LogP contribution in [0.25, 0.3) is 0 Å². The molecule has 7 heteroatoms. The summed E-state index contributed by atoms with van der Waals surface area (Å²) in [6.07, 6.45) is 1.06. The van der Waals surface area contributed by atoms with Crippen LogP contribution in [0, 0.1) is 15.5 Å². The van der Waals surface area contributed by atoms with E-state index in [1.54, 1.807) is 12.1 Å². The number of rotatable bonds is 8. The molecule has 0 fully saturated rings. The van der Waals surface area contributed by atoms with E-state index in [0.717, 1.165) is 5.56 Å². The molecule has 0 N–H and O–H groups in total. The molecule has 1 aromatic carbocycles. The van der Waals surface area contributed by atoms with Crippen LogP contribution in [0.15, 0.2) is 18.2 Å². The summed E-state index contributed by atoms with van der Waals surface area (Å²) >= 11 is 0. The minimum atomic E-state index is -1.31. The van der Waals surface area contributed by atoms with Crippen molar-refractivity contribution in [2.75, 3.05) is 7.11 Å². The number of hydrogen-bond donors (Lipinski definition) is 0. The first-order valence-electron chi connectivity index (χ1n) is 8.55. The van der Waals surface area contributed by atoms with Crippen LogP contribution in [0.5, 0.6) is 0 Å². The molecule has 1 rings (SSSR count). The van der Waals surface area contributed by atoms with Crippen LogP contribution in [-0.4, -0.2) is 27.0 Å². The highest BCUT2D eigenvalue weighted by atomic mass is 28.3. The first-order chi connectivity index (χ1) is 11.6. The van der Waals surface area contributed by atoms with Gasteiger partial charge in [-0.25, -0.2) is 0 Å². The molecule has 1 atom stereocenters. The van der Waals surface area contributed by atoms with Crippen LogP contribution in [-0.2, 0) is 20.4 Å². The topological polar surface area (TPSA) is 78.7 Å². The number of ether oxygens (including phenoxy) is 1. The maximum absolute atomic E-state index is 11.5. The van der Waals surface area contributed by atoms with Crippen LogP contribution in [0.2, 0.25) is 13.1 Å². The average Bonchev–Trinajstić information content (AvgIpc) is 2.51. The van der Waals surface area contributed by atoms with Crippen molar-refractivity contribution in [2.45, 2.75) is 59.2 Å². The van der Waals surface area contributed by atoms with E-state index in [1.165, 1.54) is 7.11 Å². The number of carbonyl (C=O) groups excluding carboxylic acids is 1. The number of hydrogen-bond acceptors (Lipinski definition) is 5. The first-order valence-corrected chi connectivity index (χ1v) is 11.3. The lowest BCUT2D eigenvalue weighted by molar-refractivity contribution is -0.385. The highest BCUT2D eigenvalue weighted by Crippen LogP contribution is 2.38. The molecule has 0 heterocycles. The third-order valence-electron chi connectivity index (χ3n) is 3.86. The lowest BCUT2D eigenvalue weighted by Crippen LogP contribution is -2.26. The summed E-state index contributed by atoms with van der Waals surface area (Å²) < 4.78 is 10.8. The SMILES string of the molecule is COC(=O)CCCc1ccc(C(O[SiH](C)C)C(C)(C)C)cc1[N+](=O)[O-]. The van der Waals surface area contributed by atoms with Gasteiger partial charge >= 0.3 is 5.97 Å². The van der Waals surface area contributed by atoms with Crippen molar-refractivity contribution in [3.63, 3.8) is 0 Å². The number of benzene rings is 1. The second kappa shape index (κ2) is 9.10. The minimum Gasteiger partial charge on any atom is -0.469 e. The fourth-order valence-corrected chi connectivity index (χ4v) is 3.82. The molecule has 0 spiro atoms. The van der Waals surface area contributed by atoms with Crippen molar-refractivity contribution in [3.8, 4) is 0 Å². The van der Waals surface area contributed by atoms with E-state index >= 15 is 0 Å². The zero-order chi connectivity index (χ0) is 19.2. The van der Waals surface area contributed by atoms with E-state index in [1.807, 2.05) is 6.07 Å². The average molecular weight is 368 g/mol. The van der Waals surface area contributed by atoms with Crippen LogP contribution < -0.4 is 0 Å². The predicted molar refractivity (Wildman–Crippen MR) is 100 cm³/mol. The van der Waals surface area contributed by atoms with E-state index in [-0.39, 0.29) is 34.5 Å². The fourth-order valence-electron chi connectivity index (χ4n) is 2.71. The molecule has 0 amide bonds. The van der Waals surface area contributed by atoms with Gasteiger partial charge in [0.25, 0.3) is 5.69 Å². The molecule has 0 aliphatic rings. The number of nitro groups is 1. The smallest absolute Gasteiger partial charge is 0.305 e. The van der Waals surface area contributed by atoms with Gasteiger partial charge in [-0.3, -0.25) is 14.9 Å². The fraction of sp³-hybridized carbons (Fsp3) is 0.611. The van der Waals surface area contributed by atoms with Crippen molar-refractivity contribution >= 4 is 20.7 Å². The maximum atomic E-state index is 11.5. The van der Waals surface area contributed by atoms with Gasteiger partial charge in [0.1, 0.15) is 0 Å². The van der Waals surface area contributed by atoms with Crippen LogP contribution in [0.1, 0.15) is 50.8 Å². The molecule has 1 aromatic rings. The van der Waals surface area contributed by atoms with E-state index in [2.05, 4.69) is 38.6 Å². The summed E-state index contributed by atoms with van der Waals surface area (Å²) in [4.78, 5) is 22.4. The standard InChI is InChI=1S/C18H29NO5Si/c1-18(2,3)17(24-25(5)6)14-11-10-13(15(12-14)19(21)22)8-7-9-16(20)23-4/h10-12,17,25H,7-9H2,1-6H3. The molecule has 0 bridgehead atoms. The molecule has 0 aliphatic heterocycles. The molecule has 0 aromatic heterocycles. The largest absolute Gasteiger partial charge is 0.469 e. The Labute approximate surface area is 151 Å². The Balaban J connectivity index is 3.09. The Kier molecular flexibility index (Phi) is 7.76. The van der Waals surface area contributed by atoms with Gasteiger partial charge in [0.2, 0.25) is 0 Å². The lowest BCUT2D eigenvalue weighted by atomic mass is 9.84. The summed E-state index contributed by atoms with van der Waals surface area (Å²) in [5, 5.41) is 11.5. The Bertz CT molecular complexity index is 610. The molecular formula is C18H29NO5Si. The summed E-state index contributed by atoms with van der Waals surface area (Å²) in [7, 11) is 0.0321. The van der Waals surface area contributed by atoms with Crippen molar-refractivity contribution in [1.82, 2.24) is 0 Å². The van der Waals surface area contributed by atoms with Crippen LogP contribution in [0.3, 0.4) is 0 Å². The van der Waals surface area contributed by atoms with Gasteiger partial charge in [0.05, 0.1) is 18.1 Å². The summed E-state index contributed by atoms with van der Waals surface area (Å²) in [5.74, 6) is -0.303. The Morgan fingerprint density at radius 1 is 1.32 bits per heavy atom. The highest BCUT2D eigenvalue weighted by molar-refractivity contribution is 6.48. The highest BCUT2D eigenvalue weighted by Gasteiger charge is 2.29. The Morgan fingerprint density at radius 2 is 1.96 bits per heavy atom. The molecular weight excluding hydrogens is 338 g/mol. The van der Waals surface area contributed by atoms with Gasteiger partial charge < -0.3 is 9.16 Å². The molecule has 0 saturated carbocycles. The summed E-state index contributed by atoms with van der Waals surface area (Å²) in [5.41, 5.74) is 1.40. The van der Waals surface area contributed by atoms with Gasteiger partial charge in [0, 0.05) is 18.1 Å². The lowest BCUT2D eigenvalue weighted by Gasteiger charge is -2.33. The number of carbonyl (C=O) groups is 1. The summed E-state index contributed by atoms with van der Waals surface area (Å²) in [6, 6.07) is 5.32. The van der Waals surface area contributed by atoms with Crippen molar-refractivity contribution in [3.05, 3.63) is 39.4 Å². The number of nitro benzene ring substituents is 1. The number of nitrogens with zero attached hydrogens (tertiary/aromatic N) is 1. The zero-order valence-corrected chi connectivity index (χ0v) is 17.2. The molecule has 25 heavy (non-hydrogen) atoms. The quantitative estimate of drug-likeness (QED) is 0.298. The van der Waals surface area contributed by atoms with E-state index < -0.39 is 9.04 Å². The Morgan fingerprint density at radius 3 is 2.44 bits per heavy atom. The maximum Gasteiger partial charge on any atom is 0.305 e.